The van der Waals surface area contributed by atoms with Gasteiger partial charge in [-0.25, -0.2) is 0 Å². The predicted molar refractivity (Wildman–Crippen MR) is 77.3 cm³/mol. The summed E-state index contributed by atoms with van der Waals surface area (Å²) in [6.07, 6.45) is 0. The van der Waals surface area contributed by atoms with Crippen molar-refractivity contribution in [2.75, 3.05) is 0 Å². The summed E-state index contributed by atoms with van der Waals surface area (Å²) in [5, 5.41) is 1.40. The molecule has 0 radical (unpaired) electrons. The van der Waals surface area contributed by atoms with Crippen LogP contribution in [0.25, 0.3) is 11.1 Å². The molecule has 0 N–H and O–H groups in total. The van der Waals surface area contributed by atoms with E-state index in [-0.39, 0.29) is 0 Å². The fourth-order valence-electron chi connectivity index (χ4n) is 1.45. The van der Waals surface area contributed by atoms with E-state index < -0.39 is 0 Å². The lowest BCUT2D eigenvalue weighted by Gasteiger charge is -2.09. The van der Waals surface area contributed by atoms with E-state index in [2.05, 4.69) is 31.9 Å². The zero-order valence-corrected chi connectivity index (χ0v) is 12.7. The molecule has 0 saturated carbocycles. The van der Waals surface area contributed by atoms with Crippen LogP contribution in [0.3, 0.4) is 0 Å². The van der Waals surface area contributed by atoms with Crippen LogP contribution >= 0.6 is 55.1 Å². The van der Waals surface area contributed by atoms with E-state index in [4.69, 9.17) is 23.2 Å². The lowest BCUT2D eigenvalue weighted by atomic mass is 10.1. The summed E-state index contributed by atoms with van der Waals surface area (Å²) in [6, 6.07) is 11.4. The first kappa shape index (κ1) is 12.4. The smallest absolute Gasteiger partial charge is 0.0496 e. The predicted octanol–water partition coefficient (Wildman–Crippen LogP) is 6.19. The molecule has 0 unspecified atom stereocenters. The molecule has 82 valence electrons. The summed E-state index contributed by atoms with van der Waals surface area (Å²) in [6.45, 7) is 0. The van der Waals surface area contributed by atoms with Crippen LogP contribution in [-0.2, 0) is 0 Å². The Morgan fingerprint density at radius 1 is 0.875 bits per heavy atom. The summed E-state index contributed by atoms with van der Waals surface area (Å²) in [5.41, 5.74) is 1.98. The van der Waals surface area contributed by atoms with Crippen molar-refractivity contribution in [2.24, 2.45) is 0 Å². The zero-order valence-electron chi connectivity index (χ0n) is 7.98. The van der Waals surface area contributed by atoms with Crippen LogP contribution in [0, 0.1) is 0 Å². The molecule has 0 saturated heterocycles. The molecule has 0 nitrogen and oxygen atoms in total. The third kappa shape index (κ3) is 2.45. The highest BCUT2D eigenvalue weighted by Gasteiger charge is 2.10. The molecule has 2 rings (SSSR count). The van der Waals surface area contributed by atoms with Gasteiger partial charge >= 0.3 is 0 Å². The molecule has 2 aromatic carbocycles. The lowest BCUT2D eigenvalue weighted by molar-refractivity contribution is 1.55. The number of benzene rings is 2. The van der Waals surface area contributed by atoms with Crippen LogP contribution in [0.2, 0.25) is 10.0 Å². The second-order valence-electron chi connectivity index (χ2n) is 3.22. The minimum absolute atomic E-state index is 0.693. The molecule has 16 heavy (non-hydrogen) atoms. The van der Waals surface area contributed by atoms with Gasteiger partial charge in [0, 0.05) is 24.6 Å². The van der Waals surface area contributed by atoms with Crippen molar-refractivity contribution in [1.82, 2.24) is 0 Å². The average Bonchev–Trinajstić information content (AvgIpc) is 2.20. The van der Waals surface area contributed by atoms with E-state index in [9.17, 15) is 0 Å². The Hall–Kier alpha value is -0.0200. The SMILES string of the molecule is Clc1ccc(-c2c(Cl)cccc2Br)c(Br)c1. The largest absolute Gasteiger partial charge is 0.0843 e. The second-order valence-corrected chi connectivity index (χ2v) is 5.77. The maximum atomic E-state index is 6.19. The van der Waals surface area contributed by atoms with E-state index in [1.165, 1.54) is 0 Å². The third-order valence-electron chi connectivity index (χ3n) is 2.16. The molecule has 0 aliphatic rings. The minimum atomic E-state index is 0.693. The number of hydrogen-bond acceptors (Lipinski definition) is 0. The number of hydrogen-bond donors (Lipinski definition) is 0. The fourth-order valence-corrected chi connectivity index (χ4v) is 3.30. The van der Waals surface area contributed by atoms with Crippen molar-refractivity contribution in [1.29, 1.82) is 0 Å². The summed E-state index contributed by atoms with van der Waals surface area (Å²) >= 11 is 19.1. The first-order chi connectivity index (χ1) is 7.59. The Balaban J connectivity index is 2.68. The Morgan fingerprint density at radius 3 is 2.25 bits per heavy atom. The van der Waals surface area contributed by atoms with E-state index in [1.807, 2.05) is 36.4 Å². The van der Waals surface area contributed by atoms with Gasteiger partial charge in [-0.15, -0.1) is 0 Å². The van der Waals surface area contributed by atoms with Gasteiger partial charge in [-0.1, -0.05) is 67.2 Å². The van der Waals surface area contributed by atoms with Crippen molar-refractivity contribution >= 4 is 55.1 Å². The Kier molecular flexibility index (Phi) is 3.96. The van der Waals surface area contributed by atoms with Crippen LogP contribution in [0.4, 0.5) is 0 Å². The number of rotatable bonds is 1. The van der Waals surface area contributed by atoms with Gasteiger partial charge in [-0.05, 0) is 29.8 Å². The highest BCUT2D eigenvalue weighted by Crippen LogP contribution is 2.39. The van der Waals surface area contributed by atoms with Crippen molar-refractivity contribution < 1.29 is 0 Å². The Labute approximate surface area is 121 Å². The molecule has 0 bridgehead atoms. The summed E-state index contributed by atoms with van der Waals surface area (Å²) in [7, 11) is 0. The molecule has 0 heterocycles. The Bertz CT molecular complexity index is 518. The molecule has 0 fully saturated rings. The van der Waals surface area contributed by atoms with Gasteiger partial charge in [-0.2, -0.15) is 0 Å². The molecular formula is C12H6Br2Cl2. The highest BCUT2D eigenvalue weighted by atomic mass is 79.9. The highest BCUT2D eigenvalue weighted by molar-refractivity contribution is 9.11. The van der Waals surface area contributed by atoms with E-state index in [0.29, 0.717) is 10.0 Å². The van der Waals surface area contributed by atoms with Crippen molar-refractivity contribution in [3.05, 3.63) is 55.4 Å². The zero-order chi connectivity index (χ0) is 11.7. The molecule has 0 atom stereocenters. The van der Waals surface area contributed by atoms with Crippen molar-refractivity contribution in [3.63, 3.8) is 0 Å². The monoisotopic (exact) mass is 378 g/mol. The summed E-state index contributed by atoms with van der Waals surface area (Å²) < 4.78 is 1.89. The molecule has 4 heteroatoms. The number of halogens is 4. The maximum Gasteiger partial charge on any atom is 0.0496 e. The first-order valence-corrected chi connectivity index (χ1v) is 6.83. The topological polar surface area (TPSA) is 0 Å². The van der Waals surface area contributed by atoms with Gasteiger partial charge in [0.05, 0.1) is 0 Å². The second kappa shape index (κ2) is 5.09. The van der Waals surface area contributed by atoms with Crippen molar-refractivity contribution in [2.45, 2.75) is 0 Å². The summed E-state index contributed by atoms with van der Waals surface area (Å²) in [4.78, 5) is 0. The molecule has 0 spiro atoms. The van der Waals surface area contributed by atoms with Gasteiger partial charge < -0.3 is 0 Å². The minimum Gasteiger partial charge on any atom is -0.0843 e. The van der Waals surface area contributed by atoms with E-state index in [1.54, 1.807) is 0 Å². The van der Waals surface area contributed by atoms with Crippen LogP contribution < -0.4 is 0 Å². The average molecular weight is 381 g/mol. The molecule has 2 aromatic rings. The molecular weight excluding hydrogens is 375 g/mol. The molecule has 0 aromatic heterocycles. The Morgan fingerprint density at radius 2 is 1.62 bits per heavy atom. The lowest BCUT2D eigenvalue weighted by Crippen LogP contribution is -1.83. The van der Waals surface area contributed by atoms with Crippen LogP contribution in [-0.4, -0.2) is 0 Å². The van der Waals surface area contributed by atoms with Crippen LogP contribution in [0.15, 0.2) is 45.3 Å². The quantitative estimate of drug-likeness (QED) is 0.553. The maximum absolute atomic E-state index is 6.19. The molecule has 0 aliphatic heterocycles. The van der Waals surface area contributed by atoms with Gasteiger partial charge in [0.15, 0.2) is 0 Å². The normalized spacial score (nSPS) is 10.5. The van der Waals surface area contributed by atoms with Gasteiger partial charge in [0.2, 0.25) is 0 Å². The first-order valence-electron chi connectivity index (χ1n) is 4.49. The van der Waals surface area contributed by atoms with Gasteiger partial charge in [-0.3, -0.25) is 0 Å². The molecule has 0 amide bonds. The standard InChI is InChI=1S/C12H6Br2Cl2/c13-9-2-1-3-11(16)12(9)8-5-4-7(15)6-10(8)14/h1-6H. The van der Waals surface area contributed by atoms with Crippen LogP contribution in [0.5, 0.6) is 0 Å². The van der Waals surface area contributed by atoms with Crippen LogP contribution in [0.1, 0.15) is 0 Å². The van der Waals surface area contributed by atoms with E-state index >= 15 is 0 Å². The van der Waals surface area contributed by atoms with Gasteiger partial charge in [0.1, 0.15) is 0 Å². The fraction of sp³-hybridized carbons (Fsp3) is 0. The van der Waals surface area contributed by atoms with Gasteiger partial charge in [0.25, 0.3) is 0 Å². The molecule has 0 aliphatic carbocycles. The van der Waals surface area contributed by atoms with E-state index in [0.717, 1.165) is 20.1 Å². The summed E-state index contributed by atoms with van der Waals surface area (Å²) in [5.74, 6) is 0. The van der Waals surface area contributed by atoms with Crippen molar-refractivity contribution in [3.8, 4) is 11.1 Å². The third-order valence-corrected chi connectivity index (χ3v) is 4.03.